The molecule has 0 aromatic rings. The molecule has 1 aliphatic rings. The van der Waals surface area contributed by atoms with Gasteiger partial charge >= 0.3 is 0 Å². The van der Waals surface area contributed by atoms with E-state index in [2.05, 4.69) is 41.6 Å². The molecule has 2 nitrogen and oxygen atoms in total. The van der Waals surface area contributed by atoms with Crippen molar-refractivity contribution in [1.29, 1.82) is 0 Å². The lowest BCUT2D eigenvalue weighted by Gasteiger charge is -2.24. The lowest BCUT2D eigenvalue weighted by Crippen LogP contribution is -2.28. The largest absolute Gasteiger partial charge is 0.395 e. The molecule has 0 spiro atoms. The van der Waals surface area contributed by atoms with Crippen LogP contribution in [0, 0.1) is 11.8 Å². The average Bonchev–Trinajstić information content (AvgIpc) is 1.88. The first-order valence-electron chi connectivity index (χ1n) is 3.51. The Morgan fingerprint density at radius 2 is 2.40 bits per heavy atom. The summed E-state index contributed by atoms with van der Waals surface area (Å²) >= 11 is 2.42. The van der Waals surface area contributed by atoms with Crippen LogP contribution in [0.4, 0.5) is 0 Å². The van der Waals surface area contributed by atoms with Crippen molar-refractivity contribution in [3.05, 3.63) is 0 Å². The van der Waals surface area contributed by atoms with Crippen molar-refractivity contribution in [2.45, 2.75) is 17.8 Å². The molecule has 0 radical (unpaired) electrons. The highest BCUT2D eigenvalue weighted by Crippen LogP contribution is 2.23. The number of hydrogen-bond donors (Lipinski definition) is 0. The predicted molar refractivity (Wildman–Crippen MR) is 50.6 cm³/mol. The molecule has 2 unspecified atom stereocenters. The molecular weight excluding hydrogens is 241 g/mol. The zero-order valence-electron chi connectivity index (χ0n) is 6.25. The number of oxime groups is 1. The van der Waals surface area contributed by atoms with Gasteiger partial charge in [-0.3, -0.25) is 0 Å². The summed E-state index contributed by atoms with van der Waals surface area (Å²) in [7, 11) is 0. The van der Waals surface area contributed by atoms with Crippen molar-refractivity contribution in [2.24, 2.45) is 17.0 Å². The number of nitrogens with zero attached hydrogens (tertiary/aromatic N) is 1. The van der Waals surface area contributed by atoms with Crippen LogP contribution in [0.1, 0.15) is 13.8 Å². The summed E-state index contributed by atoms with van der Waals surface area (Å²) in [6, 6.07) is 0. The van der Waals surface area contributed by atoms with Gasteiger partial charge in [-0.1, -0.05) is 41.6 Å². The van der Waals surface area contributed by atoms with E-state index in [0.717, 1.165) is 6.61 Å². The molecule has 0 bridgehead atoms. The van der Waals surface area contributed by atoms with Crippen LogP contribution >= 0.6 is 22.6 Å². The minimum absolute atomic E-state index is 0.592. The van der Waals surface area contributed by atoms with Gasteiger partial charge in [-0.25, -0.2) is 0 Å². The molecule has 1 rings (SSSR count). The fraction of sp³-hybridized carbons (Fsp3) is 0.857. The summed E-state index contributed by atoms with van der Waals surface area (Å²) in [5.41, 5.74) is 0. The highest BCUT2D eigenvalue weighted by Gasteiger charge is 2.23. The molecule has 0 N–H and O–H groups in total. The molecule has 0 saturated heterocycles. The summed E-state index contributed by atoms with van der Waals surface area (Å²) < 4.78 is 0.593. The minimum Gasteiger partial charge on any atom is -0.395 e. The fourth-order valence-corrected chi connectivity index (χ4v) is 2.20. The number of alkyl halides is 1. The van der Waals surface area contributed by atoms with Gasteiger partial charge in [0.15, 0.2) is 0 Å². The van der Waals surface area contributed by atoms with Gasteiger partial charge in [0.1, 0.15) is 6.61 Å². The second kappa shape index (κ2) is 3.55. The molecule has 58 valence electrons. The van der Waals surface area contributed by atoms with Gasteiger partial charge in [0, 0.05) is 12.1 Å². The van der Waals surface area contributed by atoms with Crippen LogP contribution in [-0.2, 0) is 4.84 Å². The summed E-state index contributed by atoms with van der Waals surface area (Å²) in [4.78, 5) is 4.92. The van der Waals surface area contributed by atoms with Crippen LogP contribution in [0.3, 0.4) is 0 Å². The molecule has 0 aromatic heterocycles. The van der Waals surface area contributed by atoms with Crippen LogP contribution in [-0.4, -0.2) is 16.7 Å². The third-order valence-corrected chi connectivity index (χ3v) is 2.92. The van der Waals surface area contributed by atoms with Crippen molar-refractivity contribution in [1.82, 2.24) is 0 Å². The van der Waals surface area contributed by atoms with Crippen molar-refractivity contribution in [2.75, 3.05) is 6.61 Å². The van der Waals surface area contributed by atoms with Crippen molar-refractivity contribution in [3.63, 3.8) is 0 Å². The van der Waals surface area contributed by atoms with Crippen LogP contribution in [0.5, 0.6) is 0 Å². The van der Waals surface area contributed by atoms with Crippen LogP contribution < -0.4 is 0 Å². The molecule has 0 aliphatic carbocycles. The maximum Gasteiger partial charge on any atom is 0.129 e. The van der Waals surface area contributed by atoms with E-state index < -0.39 is 0 Å². The van der Waals surface area contributed by atoms with Crippen molar-refractivity contribution >= 4 is 28.8 Å². The average molecular weight is 253 g/mol. The van der Waals surface area contributed by atoms with Gasteiger partial charge in [0.2, 0.25) is 0 Å². The monoisotopic (exact) mass is 253 g/mol. The third-order valence-electron chi connectivity index (χ3n) is 1.73. The molecular formula is C7H12INO. The Bertz CT molecular complexity index is 136. The lowest BCUT2D eigenvalue weighted by molar-refractivity contribution is 0.123. The van der Waals surface area contributed by atoms with E-state index in [1.165, 1.54) is 0 Å². The Morgan fingerprint density at radius 1 is 1.70 bits per heavy atom. The van der Waals surface area contributed by atoms with E-state index in [1.807, 2.05) is 6.21 Å². The Balaban J connectivity index is 2.55. The molecule has 10 heavy (non-hydrogen) atoms. The first kappa shape index (κ1) is 8.30. The van der Waals surface area contributed by atoms with E-state index in [0.29, 0.717) is 15.8 Å². The second-order valence-corrected chi connectivity index (χ2v) is 4.49. The van der Waals surface area contributed by atoms with Gasteiger partial charge in [0.05, 0.1) is 3.92 Å². The highest BCUT2D eigenvalue weighted by atomic mass is 127. The molecule has 0 saturated carbocycles. The van der Waals surface area contributed by atoms with E-state index in [4.69, 9.17) is 4.84 Å². The van der Waals surface area contributed by atoms with Gasteiger partial charge in [0.25, 0.3) is 0 Å². The van der Waals surface area contributed by atoms with E-state index in [-0.39, 0.29) is 0 Å². The van der Waals surface area contributed by atoms with E-state index in [1.54, 1.807) is 0 Å². The molecule has 0 amide bonds. The highest BCUT2D eigenvalue weighted by molar-refractivity contribution is 14.1. The second-order valence-electron chi connectivity index (χ2n) is 2.89. The summed E-state index contributed by atoms with van der Waals surface area (Å²) in [5.74, 6) is 1.27. The zero-order valence-corrected chi connectivity index (χ0v) is 8.41. The Hall–Kier alpha value is 0.200. The predicted octanol–water partition coefficient (Wildman–Crippen LogP) is 2.08. The molecule has 0 fully saturated rings. The summed E-state index contributed by atoms with van der Waals surface area (Å²) in [5, 5.41) is 3.80. The summed E-state index contributed by atoms with van der Waals surface area (Å²) in [6.07, 6.45) is 1.92. The topological polar surface area (TPSA) is 21.6 Å². The van der Waals surface area contributed by atoms with Gasteiger partial charge in [-0.05, 0) is 5.92 Å². The summed E-state index contributed by atoms with van der Waals surface area (Å²) in [6.45, 7) is 5.20. The number of hydrogen-bond acceptors (Lipinski definition) is 2. The first-order valence-corrected chi connectivity index (χ1v) is 4.76. The standard InChI is InChI=1S/C7H12INO/c1-5(2)6-3-9-10-4-7(6)8/h3,5-7H,4H2,1-2H3. The maximum atomic E-state index is 4.92. The quantitative estimate of drug-likeness (QED) is 0.518. The van der Waals surface area contributed by atoms with Crippen molar-refractivity contribution < 1.29 is 4.84 Å². The van der Waals surface area contributed by atoms with Crippen LogP contribution in [0.15, 0.2) is 5.16 Å². The molecule has 1 heterocycles. The molecule has 1 aliphatic heterocycles. The number of halogens is 1. The lowest BCUT2D eigenvalue weighted by atomic mass is 9.94. The van der Waals surface area contributed by atoms with E-state index in [9.17, 15) is 0 Å². The molecule has 0 aromatic carbocycles. The molecule has 3 heteroatoms. The minimum atomic E-state index is 0.592. The maximum absolute atomic E-state index is 4.92. The first-order chi connectivity index (χ1) is 4.72. The SMILES string of the molecule is CC(C)C1C=NOCC1I. The number of rotatable bonds is 1. The van der Waals surface area contributed by atoms with Gasteiger partial charge in [-0.15, -0.1) is 0 Å². The zero-order chi connectivity index (χ0) is 7.56. The van der Waals surface area contributed by atoms with Gasteiger partial charge < -0.3 is 4.84 Å². The third kappa shape index (κ3) is 1.84. The van der Waals surface area contributed by atoms with Crippen molar-refractivity contribution in [3.8, 4) is 0 Å². The Morgan fingerprint density at radius 3 is 2.80 bits per heavy atom. The molecule has 2 atom stereocenters. The van der Waals surface area contributed by atoms with Crippen LogP contribution in [0.2, 0.25) is 0 Å². The Kier molecular flexibility index (Phi) is 2.95. The smallest absolute Gasteiger partial charge is 0.129 e. The van der Waals surface area contributed by atoms with Crippen LogP contribution in [0.25, 0.3) is 0 Å². The Labute approximate surface area is 75.1 Å². The van der Waals surface area contributed by atoms with E-state index >= 15 is 0 Å². The fourth-order valence-electron chi connectivity index (χ4n) is 1.02. The van der Waals surface area contributed by atoms with Gasteiger partial charge in [-0.2, -0.15) is 0 Å². The normalized spacial score (nSPS) is 32.4.